The molecule has 0 spiro atoms. The van der Waals surface area contributed by atoms with Gasteiger partial charge in [-0.3, -0.25) is 14.6 Å². The Morgan fingerprint density at radius 1 is 1.24 bits per heavy atom. The average molecular weight is 249 g/mol. The number of H-pyrrole nitrogens is 1. The maximum atomic E-state index is 11.8. The van der Waals surface area contributed by atoms with Gasteiger partial charge in [-0.05, 0) is 43.9 Å². The van der Waals surface area contributed by atoms with Gasteiger partial charge in [0.1, 0.15) is 0 Å². The van der Waals surface area contributed by atoms with Gasteiger partial charge in [-0.25, -0.2) is 0 Å². The van der Waals surface area contributed by atoms with Gasteiger partial charge in [-0.1, -0.05) is 17.7 Å². The Bertz CT molecular complexity index is 612. The van der Waals surface area contributed by atoms with Gasteiger partial charge in [0.25, 0.3) is 5.56 Å². The number of hydrogen-bond donors (Lipinski definition) is 1. The van der Waals surface area contributed by atoms with Crippen LogP contribution in [0.3, 0.4) is 0 Å². The number of nitrogens with zero attached hydrogens (tertiary/aromatic N) is 1. The molecule has 3 rings (SSSR count). The first-order valence-corrected chi connectivity index (χ1v) is 6.22. The highest BCUT2D eigenvalue weighted by atomic mass is 35.5. The fourth-order valence-corrected chi connectivity index (χ4v) is 2.64. The maximum Gasteiger partial charge on any atom is 0.267 e. The smallest absolute Gasteiger partial charge is 0.267 e. The summed E-state index contributed by atoms with van der Waals surface area (Å²) < 4.78 is 1.88. The summed E-state index contributed by atoms with van der Waals surface area (Å²) in [5, 5.41) is 3.58. The molecule has 1 aliphatic carbocycles. The quantitative estimate of drug-likeness (QED) is 0.828. The highest BCUT2D eigenvalue weighted by Crippen LogP contribution is 2.22. The van der Waals surface area contributed by atoms with Crippen LogP contribution in [0.5, 0.6) is 0 Å². The van der Waals surface area contributed by atoms with Gasteiger partial charge in [-0.15, -0.1) is 0 Å². The minimum Gasteiger partial charge on any atom is -0.268 e. The first kappa shape index (κ1) is 10.7. The Kier molecular flexibility index (Phi) is 2.56. The van der Waals surface area contributed by atoms with Crippen LogP contribution in [0.4, 0.5) is 0 Å². The standard InChI is InChI=1S/C13H13ClN2O/c14-9-4-3-5-10(8-9)16-12-7-2-1-6-11(12)13(17)15-16/h3-5,8H,1-2,6-7H2,(H,15,17). The van der Waals surface area contributed by atoms with Gasteiger partial charge in [0, 0.05) is 16.3 Å². The second-order valence-corrected chi connectivity index (χ2v) is 4.82. The number of benzene rings is 1. The summed E-state index contributed by atoms with van der Waals surface area (Å²) in [5.74, 6) is 0. The van der Waals surface area contributed by atoms with Crippen molar-refractivity contribution in [3.8, 4) is 5.69 Å². The molecule has 3 nitrogen and oxygen atoms in total. The molecule has 0 bridgehead atoms. The average Bonchev–Trinajstić information content (AvgIpc) is 2.68. The van der Waals surface area contributed by atoms with E-state index in [1.165, 1.54) is 0 Å². The van der Waals surface area contributed by atoms with Crippen molar-refractivity contribution in [3.05, 3.63) is 50.9 Å². The first-order valence-electron chi connectivity index (χ1n) is 5.84. The lowest BCUT2D eigenvalue weighted by molar-refractivity contribution is 0.653. The lowest BCUT2D eigenvalue weighted by atomic mass is 9.98. The Labute approximate surface area is 104 Å². The van der Waals surface area contributed by atoms with Crippen LogP contribution in [0, 0.1) is 0 Å². The zero-order valence-corrected chi connectivity index (χ0v) is 10.1. The SMILES string of the molecule is O=c1[nH]n(-c2cccc(Cl)c2)c2c1CCCC2. The molecular formula is C13H13ClN2O. The molecule has 1 aromatic carbocycles. The van der Waals surface area contributed by atoms with Gasteiger partial charge < -0.3 is 0 Å². The van der Waals surface area contributed by atoms with Crippen LogP contribution in [0.1, 0.15) is 24.1 Å². The monoisotopic (exact) mass is 248 g/mol. The van der Waals surface area contributed by atoms with Gasteiger partial charge in [0.15, 0.2) is 0 Å². The van der Waals surface area contributed by atoms with Gasteiger partial charge in [0.2, 0.25) is 0 Å². The number of hydrogen-bond acceptors (Lipinski definition) is 1. The second-order valence-electron chi connectivity index (χ2n) is 4.39. The van der Waals surface area contributed by atoms with E-state index in [4.69, 9.17) is 11.6 Å². The number of nitrogens with one attached hydrogen (secondary N) is 1. The first-order chi connectivity index (χ1) is 8.25. The van der Waals surface area contributed by atoms with Crippen LogP contribution in [-0.4, -0.2) is 9.78 Å². The van der Waals surface area contributed by atoms with E-state index in [0.717, 1.165) is 42.6 Å². The van der Waals surface area contributed by atoms with E-state index >= 15 is 0 Å². The zero-order valence-electron chi connectivity index (χ0n) is 9.37. The maximum absolute atomic E-state index is 11.8. The molecule has 1 N–H and O–H groups in total. The number of aromatic amines is 1. The van der Waals surface area contributed by atoms with E-state index in [0.29, 0.717) is 5.02 Å². The second kappa shape index (κ2) is 4.08. The van der Waals surface area contributed by atoms with Crippen molar-refractivity contribution >= 4 is 11.6 Å². The van der Waals surface area contributed by atoms with Crippen molar-refractivity contribution in [2.75, 3.05) is 0 Å². The lowest BCUT2D eigenvalue weighted by Gasteiger charge is -2.13. The van der Waals surface area contributed by atoms with Crippen LogP contribution in [0.2, 0.25) is 5.02 Å². The molecule has 0 amide bonds. The highest BCUT2D eigenvalue weighted by Gasteiger charge is 2.18. The van der Waals surface area contributed by atoms with Crippen LogP contribution >= 0.6 is 11.6 Å². The summed E-state index contributed by atoms with van der Waals surface area (Å²) in [6.45, 7) is 0. The minimum absolute atomic E-state index is 0.0414. The molecule has 4 heteroatoms. The van der Waals surface area contributed by atoms with Crippen molar-refractivity contribution in [1.29, 1.82) is 0 Å². The summed E-state index contributed by atoms with van der Waals surface area (Å²) in [7, 11) is 0. The van der Waals surface area contributed by atoms with Gasteiger partial charge >= 0.3 is 0 Å². The fourth-order valence-electron chi connectivity index (χ4n) is 2.45. The van der Waals surface area contributed by atoms with Crippen molar-refractivity contribution in [2.24, 2.45) is 0 Å². The van der Waals surface area contributed by atoms with Crippen LogP contribution in [-0.2, 0) is 12.8 Å². The van der Waals surface area contributed by atoms with Gasteiger partial charge in [0.05, 0.1) is 5.69 Å². The number of aromatic nitrogens is 2. The summed E-state index contributed by atoms with van der Waals surface area (Å²) in [6.07, 6.45) is 4.10. The van der Waals surface area contributed by atoms with E-state index in [9.17, 15) is 4.79 Å². The Morgan fingerprint density at radius 3 is 2.88 bits per heavy atom. The molecule has 1 heterocycles. The van der Waals surface area contributed by atoms with E-state index < -0.39 is 0 Å². The van der Waals surface area contributed by atoms with Crippen LogP contribution in [0.15, 0.2) is 29.1 Å². The topological polar surface area (TPSA) is 37.8 Å². The molecule has 0 aliphatic heterocycles. The van der Waals surface area contributed by atoms with E-state index in [1.807, 2.05) is 28.9 Å². The molecule has 0 radical (unpaired) electrons. The van der Waals surface area contributed by atoms with E-state index in [2.05, 4.69) is 5.10 Å². The predicted molar refractivity (Wildman–Crippen MR) is 68.0 cm³/mol. The van der Waals surface area contributed by atoms with Crippen molar-refractivity contribution in [1.82, 2.24) is 9.78 Å². The Balaban J connectivity index is 2.18. The molecule has 0 fully saturated rings. The van der Waals surface area contributed by atoms with Crippen molar-refractivity contribution < 1.29 is 0 Å². The van der Waals surface area contributed by atoms with Gasteiger partial charge in [-0.2, -0.15) is 0 Å². The molecule has 0 saturated carbocycles. The molecular weight excluding hydrogens is 236 g/mol. The molecule has 2 aromatic rings. The normalized spacial score (nSPS) is 14.6. The Morgan fingerprint density at radius 2 is 2.06 bits per heavy atom. The van der Waals surface area contributed by atoms with Crippen molar-refractivity contribution in [2.45, 2.75) is 25.7 Å². The molecule has 1 aromatic heterocycles. The summed E-state index contributed by atoms with van der Waals surface area (Å²) in [6, 6.07) is 7.55. The number of halogens is 1. The zero-order chi connectivity index (χ0) is 11.8. The molecule has 1 aliphatic rings. The Hall–Kier alpha value is -1.48. The minimum atomic E-state index is 0.0414. The molecule has 88 valence electrons. The number of fused-ring (bicyclic) bond motifs is 1. The van der Waals surface area contributed by atoms with Crippen molar-refractivity contribution in [3.63, 3.8) is 0 Å². The largest absolute Gasteiger partial charge is 0.268 e. The molecule has 17 heavy (non-hydrogen) atoms. The number of rotatable bonds is 1. The molecule has 0 atom stereocenters. The summed E-state index contributed by atoms with van der Waals surface area (Å²) in [4.78, 5) is 11.8. The van der Waals surface area contributed by atoms with Crippen LogP contribution in [0.25, 0.3) is 5.69 Å². The van der Waals surface area contributed by atoms with E-state index in [-0.39, 0.29) is 5.56 Å². The molecule has 0 saturated heterocycles. The lowest BCUT2D eigenvalue weighted by Crippen LogP contribution is -2.10. The highest BCUT2D eigenvalue weighted by molar-refractivity contribution is 6.30. The molecule has 0 unspecified atom stereocenters. The van der Waals surface area contributed by atoms with E-state index in [1.54, 1.807) is 0 Å². The van der Waals surface area contributed by atoms with Crippen LogP contribution < -0.4 is 5.56 Å². The summed E-state index contributed by atoms with van der Waals surface area (Å²) >= 11 is 5.98. The third-order valence-electron chi connectivity index (χ3n) is 3.26. The predicted octanol–water partition coefficient (Wildman–Crippen LogP) is 2.70. The third-order valence-corrected chi connectivity index (χ3v) is 3.50. The fraction of sp³-hybridized carbons (Fsp3) is 0.308. The third kappa shape index (κ3) is 1.80. The summed E-state index contributed by atoms with van der Waals surface area (Å²) in [5.41, 5.74) is 3.03.